The van der Waals surface area contributed by atoms with E-state index in [1.807, 2.05) is 37.3 Å². The molecule has 34 heavy (non-hydrogen) atoms. The van der Waals surface area contributed by atoms with Crippen molar-refractivity contribution in [3.05, 3.63) is 90.0 Å². The molecular formula is C25H23N7O2. The predicted octanol–water partition coefficient (Wildman–Crippen LogP) is 3.87. The van der Waals surface area contributed by atoms with E-state index in [9.17, 15) is 9.90 Å². The van der Waals surface area contributed by atoms with Gasteiger partial charge < -0.3 is 20.3 Å². The number of nitrogens with one attached hydrogen (secondary N) is 3. The molecule has 3 heterocycles. The number of para-hydroxylation sites is 1. The van der Waals surface area contributed by atoms with Gasteiger partial charge in [0.15, 0.2) is 0 Å². The number of hydrogen-bond donors (Lipinski definition) is 4. The molecule has 1 amide bonds. The standard InChI is InChI=1S/C25H23N7O2/c1-16-13-27-25(29-20-6-7-21-19(12-20)14-28-31-21)30-23(16)32-11-9-18(15-32)24(34)26-10-8-17-4-2-3-5-22(17)33/h2-7,9,11-15,33H,8,10H2,1H3,(H,26,34)(H,28,31)(H,27,29,30). The number of amides is 1. The fourth-order valence-electron chi connectivity index (χ4n) is 3.70. The number of phenols is 1. The fourth-order valence-corrected chi connectivity index (χ4v) is 3.70. The number of H-pyrrole nitrogens is 1. The fraction of sp³-hybridized carbons (Fsp3) is 0.120. The van der Waals surface area contributed by atoms with Crippen molar-refractivity contribution in [2.24, 2.45) is 0 Å². The van der Waals surface area contributed by atoms with Crippen LogP contribution in [0.4, 0.5) is 11.6 Å². The van der Waals surface area contributed by atoms with Gasteiger partial charge in [0.05, 0.1) is 17.3 Å². The summed E-state index contributed by atoms with van der Waals surface area (Å²) < 4.78 is 1.80. The van der Waals surface area contributed by atoms with Gasteiger partial charge in [-0.1, -0.05) is 18.2 Å². The largest absolute Gasteiger partial charge is 0.508 e. The highest BCUT2D eigenvalue weighted by Gasteiger charge is 2.12. The molecule has 5 rings (SSSR count). The first-order valence-electron chi connectivity index (χ1n) is 10.8. The Hall–Kier alpha value is -4.66. The van der Waals surface area contributed by atoms with Gasteiger partial charge in [-0.2, -0.15) is 10.1 Å². The Morgan fingerprint density at radius 2 is 2.03 bits per heavy atom. The van der Waals surface area contributed by atoms with E-state index in [0.717, 1.165) is 27.7 Å². The number of aromatic amines is 1. The van der Waals surface area contributed by atoms with Crippen LogP contribution in [-0.4, -0.2) is 42.3 Å². The first kappa shape index (κ1) is 21.2. The monoisotopic (exact) mass is 453 g/mol. The van der Waals surface area contributed by atoms with Crippen LogP contribution < -0.4 is 10.6 Å². The summed E-state index contributed by atoms with van der Waals surface area (Å²) >= 11 is 0. The molecular weight excluding hydrogens is 430 g/mol. The van der Waals surface area contributed by atoms with Crippen molar-refractivity contribution in [2.75, 3.05) is 11.9 Å². The van der Waals surface area contributed by atoms with Gasteiger partial charge in [-0.05, 0) is 49.2 Å². The van der Waals surface area contributed by atoms with Crippen molar-refractivity contribution in [3.63, 3.8) is 0 Å². The molecule has 3 aromatic heterocycles. The summed E-state index contributed by atoms with van der Waals surface area (Å²) in [5, 5.41) is 23.9. The summed E-state index contributed by atoms with van der Waals surface area (Å²) in [7, 11) is 0. The van der Waals surface area contributed by atoms with E-state index in [4.69, 9.17) is 0 Å². The summed E-state index contributed by atoms with van der Waals surface area (Å²) in [5.74, 6) is 1.17. The van der Waals surface area contributed by atoms with Gasteiger partial charge in [0, 0.05) is 41.8 Å². The van der Waals surface area contributed by atoms with Gasteiger partial charge in [-0.25, -0.2) is 4.98 Å². The SMILES string of the molecule is Cc1cnc(Nc2ccc3[nH]ncc3c2)nc1-n1ccc(C(=O)NCCc2ccccc2O)c1. The van der Waals surface area contributed by atoms with Crippen LogP contribution in [0.15, 0.2) is 73.3 Å². The summed E-state index contributed by atoms with van der Waals surface area (Å²) in [6, 6.07) is 14.7. The summed E-state index contributed by atoms with van der Waals surface area (Å²) in [5.41, 5.74) is 3.99. The minimum absolute atomic E-state index is 0.187. The normalized spacial score (nSPS) is 11.0. The molecule has 0 saturated carbocycles. The second-order valence-electron chi connectivity index (χ2n) is 7.94. The quantitative estimate of drug-likeness (QED) is 0.297. The third-order valence-electron chi connectivity index (χ3n) is 5.51. The van der Waals surface area contributed by atoms with Crippen LogP contribution in [0.1, 0.15) is 21.5 Å². The second-order valence-corrected chi connectivity index (χ2v) is 7.94. The van der Waals surface area contributed by atoms with Crippen LogP contribution >= 0.6 is 0 Å². The minimum Gasteiger partial charge on any atom is -0.508 e. The van der Waals surface area contributed by atoms with Gasteiger partial charge >= 0.3 is 0 Å². The maximum absolute atomic E-state index is 12.6. The maximum atomic E-state index is 12.6. The van der Waals surface area contributed by atoms with Crippen molar-refractivity contribution in [1.29, 1.82) is 0 Å². The van der Waals surface area contributed by atoms with E-state index < -0.39 is 0 Å². The van der Waals surface area contributed by atoms with E-state index in [0.29, 0.717) is 30.3 Å². The highest BCUT2D eigenvalue weighted by atomic mass is 16.3. The minimum atomic E-state index is -0.187. The van der Waals surface area contributed by atoms with Gasteiger partial charge in [-0.3, -0.25) is 9.89 Å². The van der Waals surface area contributed by atoms with Crippen molar-refractivity contribution >= 4 is 28.4 Å². The number of carbonyl (C=O) groups is 1. The Morgan fingerprint density at radius 1 is 1.15 bits per heavy atom. The average molecular weight is 454 g/mol. The van der Waals surface area contributed by atoms with Gasteiger partial charge in [0.25, 0.3) is 5.91 Å². The van der Waals surface area contributed by atoms with Crippen LogP contribution in [0.25, 0.3) is 16.7 Å². The van der Waals surface area contributed by atoms with Crippen LogP contribution in [0.5, 0.6) is 5.75 Å². The Balaban J connectivity index is 1.28. The Morgan fingerprint density at radius 3 is 2.91 bits per heavy atom. The van der Waals surface area contributed by atoms with Gasteiger partial charge in [0.2, 0.25) is 5.95 Å². The van der Waals surface area contributed by atoms with Crippen LogP contribution in [0, 0.1) is 6.92 Å². The lowest BCUT2D eigenvalue weighted by Gasteiger charge is -2.10. The first-order valence-corrected chi connectivity index (χ1v) is 10.8. The Labute approximate surface area is 195 Å². The summed E-state index contributed by atoms with van der Waals surface area (Å²) in [6.07, 6.45) is 7.59. The van der Waals surface area contributed by atoms with Crippen molar-refractivity contribution in [1.82, 2.24) is 30.0 Å². The molecule has 0 atom stereocenters. The summed E-state index contributed by atoms with van der Waals surface area (Å²) in [4.78, 5) is 21.6. The molecule has 0 bridgehead atoms. The molecule has 0 aliphatic carbocycles. The number of anilines is 2. The zero-order valence-corrected chi connectivity index (χ0v) is 18.5. The van der Waals surface area contributed by atoms with E-state index in [2.05, 4.69) is 30.8 Å². The number of hydrogen-bond acceptors (Lipinski definition) is 6. The molecule has 0 aliphatic heterocycles. The van der Waals surface area contributed by atoms with Crippen LogP contribution in [-0.2, 0) is 6.42 Å². The van der Waals surface area contributed by atoms with E-state index >= 15 is 0 Å². The van der Waals surface area contributed by atoms with Gasteiger partial charge in [-0.15, -0.1) is 0 Å². The molecule has 4 N–H and O–H groups in total. The van der Waals surface area contributed by atoms with E-state index in [1.54, 1.807) is 47.6 Å². The molecule has 5 aromatic rings. The number of carbonyl (C=O) groups excluding carboxylic acids is 1. The lowest BCUT2D eigenvalue weighted by Crippen LogP contribution is -2.25. The molecule has 2 aromatic carbocycles. The number of rotatable bonds is 7. The molecule has 0 saturated heterocycles. The molecule has 0 fully saturated rings. The molecule has 170 valence electrons. The number of aromatic hydroxyl groups is 1. The number of nitrogens with zero attached hydrogens (tertiary/aromatic N) is 4. The van der Waals surface area contributed by atoms with Crippen molar-refractivity contribution in [2.45, 2.75) is 13.3 Å². The molecule has 9 nitrogen and oxygen atoms in total. The van der Waals surface area contributed by atoms with Crippen LogP contribution in [0.3, 0.4) is 0 Å². The lowest BCUT2D eigenvalue weighted by molar-refractivity contribution is 0.0954. The highest BCUT2D eigenvalue weighted by molar-refractivity contribution is 5.94. The van der Waals surface area contributed by atoms with Crippen molar-refractivity contribution < 1.29 is 9.90 Å². The maximum Gasteiger partial charge on any atom is 0.252 e. The third kappa shape index (κ3) is 4.44. The van der Waals surface area contributed by atoms with Crippen molar-refractivity contribution in [3.8, 4) is 11.6 Å². The predicted molar refractivity (Wildman–Crippen MR) is 130 cm³/mol. The molecule has 0 unspecified atom stereocenters. The molecule has 0 aliphatic rings. The zero-order chi connectivity index (χ0) is 23.5. The third-order valence-corrected chi connectivity index (χ3v) is 5.51. The first-order chi connectivity index (χ1) is 16.6. The number of benzene rings is 2. The topological polar surface area (TPSA) is 121 Å². The average Bonchev–Trinajstić information content (AvgIpc) is 3.51. The zero-order valence-electron chi connectivity index (χ0n) is 18.5. The second kappa shape index (κ2) is 9.07. The van der Waals surface area contributed by atoms with E-state index in [1.165, 1.54) is 0 Å². The summed E-state index contributed by atoms with van der Waals surface area (Å²) in [6.45, 7) is 2.34. The number of fused-ring (bicyclic) bond motifs is 1. The van der Waals surface area contributed by atoms with E-state index in [-0.39, 0.29) is 11.7 Å². The number of aryl methyl sites for hydroxylation is 1. The molecule has 0 spiro atoms. The van der Waals surface area contributed by atoms with Crippen LogP contribution in [0.2, 0.25) is 0 Å². The van der Waals surface area contributed by atoms with Gasteiger partial charge in [0.1, 0.15) is 11.6 Å². The number of phenolic OH excluding ortho intramolecular Hbond substituents is 1. The highest BCUT2D eigenvalue weighted by Crippen LogP contribution is 2.21. The Bertz CT molecular complexity index is 1470. The molecule has 9 heteroatoms. The Kier molecular flexibility index (Phi) is 5.65. The molecule has 0 radical (unpaired) electrons. The lowest BCUT2D eigenvalue weighted by atomic mass is 10.1. The smallest absolute Gasteiger partial charge is 0.252 e. The number of aromatic nitrogens is 5.